The van der Waals surface area contributed by atoms with Gasteiger partial charge in [-0.05, 0) is 70.0 Å². The minimum absolute atomic E-state index is 0.0262. The zero-order valence-electron chi connectivity index (χ0n) is 25.2. The molecule has 3 fully saturated rings. The first-order valence-electron chi connectivity index (χ1n) is 14.8. The molecule has 3 saturated heterocycles. The van der Waals surface area contributed by atoms with Gasteiger partial charge in [0.2, 0.25) is 23.6 Å². The first-order valence-corrected chi connectivity index (χ1v) is 14.8. The fourth-order valence-electron chi connectivity index (χ4n) is 6.52. The van der Waals surface area contributed by atoms with Crippen LogP contribution in [0.1, 0.15) is 79.6 Å². The van der Waals surface area contributed by atoms with Gasteiger partial charge in [0.1, 0.15) is 12.1 Å². The van der Waals surface area contributed by atoms with E-state index in [0.29, 0.717) is 19.5 Å². The van der Waals surface area contributed by atoms with Crippen molar-refractivity contribution in [3.8, 4) is 0 Å². The minimum atomic E-state index is -0.663. The van der Waals surface area contributed by atoms with Crippen molar-refractivity contribution in [2.75, 3.05) is 40.3 Å². The summed E-state index contributed by atoms with van der Waals surface area (Å²) in [5.74, 6) is -0.517. The van der Waals surface area contributed by atoms with E-state index < -0.39 is 23.4 Å². The van der Waals surface area contributed by atoms with Gasteiger partial charge in [-0.25, -0.2) is 0 Å². The number of rotatable bonds is 9. The van der Waals surface area contributed by atoms with Crippen LogP contribution in [0.4, 0.5) is 0 Å². The summed E-state index contributed by atoms with van der Waals surface area (Å²) in [6, 6.07) is -1.85. The van der Waals surface area contributed by atoms with E-state index in [1.807, 2.05) is 34.9 Å². The van der Waals surface area contributed by atoms with Gasteiger partial charge in [0.15, 0.2) is 0 Å². The van der Waals surface area contributed by atoms with Crippen molar-refractivity contribution in [1.82, 2.24) is 24.9 Å². The van der Waals surface area contributed by atoms with Crippen LogP contribution in [0.3, 0.4) is 0 Å². The molecule has 3 aliphatic rings. The molecule has 3 rings (SSSR count). The summed E-state index contributed by atoms with van der Waals surface area (Å²) in [6.45, 7) is 12.9. The molecule has 0 aromatic rings. The molecule has 0 aromatic carbocycles. The third-order valence-corrected chi connectivity index (χ3v) is 9.02. The molecule has 5 atom stereocenters. The fraction of sp³-hybridized carbons (Fsp3) is 0.862. The number of nitrogens with one attached hydrogen (secondary N) is 1. The Morgan fingerprint density at radius 3 is 2.13 bits per heavy atom. The number of piperidine rings is 1. The molecule has 0 aliphatic carbocycles. The van der Waals surface area contributed by atoms with Gasteiger partial charge in [0.05, 0.1) is 12.1 Å². The van der Waals surface area contributed by atoms with Crippen molar-refractivity contribution in [1.29, 1.82) is 0 Å². The Morgan fingerprint density at radius 1 is 0.923 bits per heavy atom. The predicted octanol–water partition coefficient (Wildman–Crippen LogP) is 1.43. The van der Waals surface area contributed by atoms with Crippen molar-refractivity contribution >= 4 is 23.6 Å². The first kappa shape index (κ1) is 31.3. The Bertz CT molecular complexity index is 903. The smallest absolute Gasteiger partial charge is 0.245 e. The molecular weight excluding hydrogens is 496 g/mol. The van der Waals surface area contributed by atoms with E-state index in [4.69, 9.17) is 5.73 Å². The lowest BCUT2D eigenvalue weighted by molar-refractivity contribution is -0.144. The summed E-state index contributed by atoms with van der Waals surface area (Å²) in [6.07, 6.45) is 5.93. The SMILES string of the molecule is CC(C)[C@@H](CN1CCC[C@H]1C(=O)N1CCC[C@H]1C(N)=O)N(C)C(=O)[C@@H](NC(=O)C1CCCCN1C)C(C)(C)C. The number of likely N-dealkylation sites (tertiary alicyclic amines) is 3. The standard InChI is InChI=1S/C29H52N6O4/c1-19(2)23(18-34-16-10-14-22(34)27(38)35-17-11-13-20(35)25(30)36)33(7)28(39)24(29(3,4)5)31-26(37)21-12-8-9-15-32(21)6/h19-24H,8-18H2,1-7H3,(H2,30,36)(H,31,37)/t20-,21?,22-,23+,24+/m0/s1. The number of likely N-dealkylation sites (N-methyl/N-ethyl adjacent to an activating group) is 2. The summed E-state index contributed by atoms with van der Waals surface area (Å²) < 4.78 is 0. The van der Waals surface area contributed by atoms with Crippen molar-refractivity contribution in [3.63, 3.8) is 0 Å². The molecule has 10 heteroatoms. The van der Waals surface area contributed by atoms with Crippen LogP contribution < -0.4 is 11.1 Å². The van der Waals surface area contributed by atoms with Gasteiger partial charge in [-0.15, -0.1) is 0 Å². The zero-order chi connectivity index (χ0) is 29.1. The quantitative estimate of drug-likeness (QED) is 0.450. The second-order valence-corrected chi connectivity index (χ2v) is 13.3. The molecule has 0 radical (unpaired) electrons. The Labute approximate surface area is 235 Å². The Morgan fingerprint density at radius 2 is 1.54 bits per heavy atom. The number of carbonyl (C=O) groups excluding carboxylic acids is 4. The number of hydrogen-bond donors (Lipinski definition) is 2. The van der Waals surface area contributed by atoms with E-state index in [1.54, 1.807) is 9.80 Å². The molecule has 0 aromatic heterocycles. The van der Waals surface area contributed by atoms with Crippen molar-refractivity contribution < 1.29 is 19.2 Å². The summed E-state index contributed by atoms with van der Waals surface area (Å²) in [5.41, 5.74) is 5.11. The maximum absolute atomic E-state index is 14.0. The Kier molecular flexibility index (Phi) is 10.4. The molecule has 4 amide bonds. The van der Waals surface area contributed by atoms with Gasteiger partial charge in [0.25, 0.3) is 0 Å². The van der Waals surface area contributed by atoms with Crippen molar-refractivity contribution in [2.24, 2.45) is 17.1 Å². The maximum Gasteiger partial charge on any atom is 0.245 e. The number of nitrogens with two attached hydrogens (primary N) is 1. The monoisotopic (exact) mass is 548 g/mol. The highest BCUT2D eigenvalue weighted by molar-refractivity contribution is 5.91. The highest BCUT2D eigenvalue weighted by Crippen LogP contribution is 2.28. The third-order valence-electron chi connectivity index (χ3n) is 9.02. The molecule has 0 spiro atoms. The normalized spacial score (nSPS) is 26.5. The van der Waals surface area contributed by atoms with Crippen molar-refractivity contribution in [2.45, 2.75) is 110 Å². The van der Waals surface area contributed by atoms with E-state index >= 15 is 0 Å². The van der Waals surface area contributed by atoms with Crippen LogP contribution in [0, 0.1) is 11.3 Å². The van der Waals surface area contributed by atoms with Crippen LogP contribution >= 0.6 is 0 Å². The molecule has 3 heterocycles. The van der Waals surface area contributed by atoms with Gasteiger partial charge in [-0.3, -0.25) is 29.0 Å². The summed E-state index contributed by atoms with van der Waals surface area (Å²) in [7, 11) is 3.79. The molecule has 10 nitrogen and oxygen atoms in total. The summed E-state index contributed by atoms with van der Waals surface area (Å²) >= 11 is 0. The third kappa shape index (κ3) is 7.31. The number of carbonyl (C=O) groups is 4. The van der Waals surface area contributed by atoms with Crippen LogP contribution in [-0.2, 0) is 19.2 Å². The number of primary amides is 1. The van der Waals surface area contributed by atoms with E-state index in [9.17, 15) is 19.2 Å². The zero-order valence-corrected chi connectivity index (χ0v) is 25.2. The topological polar surface area (TPSA) is 119 Å². The van der Waals surface area contributed by atoms with Crippen LogP contribution in [0.2, 0.25) is 0 Å². The lowest BCUT2D eigenvalue weighted by Crippen LogP contribution is -2.61. The fourth-order valence-corrected chi connectivity index (χ4v) is 6.52. The van der Waals surface area contributed by atoms with E-state index in [0.717, 1.165) is 51.6 Å². The van der Waals surface area contributed by atoms with E-state index in [-0.39, 0.29) is 41.8 Å². The van der Waals surface area contributed by atoms with Gasteiger partial charge in [-0.2, -0.15) is 0 Å². The second-order valence-electron chi connectivity index (χ2n) is 13.3. The molecule has 222 valence electrons. The van der Waals surface area contributed by atoms with Gasteiger partial charge in [0, 0.05) is 26.2 Å². The van der Waals surface area contributed by atoms with Gasteiger partial charge in [-0.1, -0.05) is 41.0 Å². The first-order chi connectivity index (χ1) is 18.2. The van der Waals surface area contributed by atoms with Gasteiger partial charge < -0.3 is 20.9 Å². The van der Waals surface area contributed by atoms with Crippen LogP contribution in [0.25, 0.3) is 0 Å². The number of nitrogens with zero attached hydrogens (tertiary/aromatic N) is 4. The van der Waals surface area contributed by atoms with Crippen LogP contribution in [0.5, 0.6) is 0 Å². The lowest BCUT2D eigenvalue weighted by Gasteiger charge is -2.41. The average Bonchev–Trinajstić information content (AvgIpc) is 3.54. The molecule has 3 N–H and O–H groups in total. The highest BCUT2D eigenvalue weighted by Gasteiger charge is 2.43. The largest absolute Gasteiger partial charge is 0.368 e. The Balaban J connectivity index is 1.74. The average molecular weight is 549 g/mol. The molecule has 39 heavy (non-hydrogen) atoms. The van der Waals surface area contributed by atoms with Crippen LogP contribution in [-0.4, -0.2) is 114 Å². The number of hydrogen-bond acceptors (Lipinski definition) is 6. The molecular formula is C29H52N6O4. The van der Waals surface area contributed by atoms with E-state index in [2.05, 4.69) is 29.0 Å². The number of amides is 4. The molecule has 0 saturated carbocycles. The molecule has 3 aliphatic heterocycles. The van der Waals surface area contributed by atoms with Gasteiger partial charge >= 0.3 is 0 Å². The minimum Gasteiger partial charge on any atom is -0.368 e. The second kappa shape index (κ2) is 13.0. The molecule has 0 bridgehead atoms. The Hall–Kier alpha value is -2.20. The maximum atomic E-state index is 14.0. The van der Waals surface area contributed by atoms with E-state index in [1.165, 1.54) is 0 Å². The van der Waals surface area contributed by atoms with Crippen LogP contribution in [0.15, 0.2) is 0 Å². The highest BCUT2D eigenvalue weighted by atomic mass is 16.2. The lowest BCUT2D eigenvalue weighted by atomic mass is 9.84. The predicted molar refractivity (Wildman–Crippen MR) is 152 cm³/mol. The summed E-state index contributed by atoms with van der Waals surface area (Å²) in [4.78, 5) is 60.4. The molecule has 1 unspecified atom stereocenters. The van der Waals surface area contributed by atoms with Crippen molar-refractivity contribution in [3.05, 3.63) is 0 Å². The summed E-state index contributed by atoms with van der Waals surface area (Å²) in [5, 5.41) is 3.11.